The summed E-state index contributed by atoms with van der Waals surface area (Å²) in [6.45, 7) is 0.299. The molecule has 3 atom stereocenters. The molecule has 2 saturated carbocycles. The van der Waals surface area contributed by atoms with Gasteiger partial charge in [0.15, 0.2) is 0 Å². The van der Waals surface area contributed by atoms with Gasteiger partial charge >= 0.3 is 0 Å². The molecular formula is C9H14O2. The van der Waals surface area contributed by atoms with E-state index in [2.05, 4.69) is 0 Å². The quantitative estimate of drug-likeness (QED) is 0.574. The number of hydrogen-bond acceptors (Lipinski definition) is 2. The molecule has 2 aliphatic rings. The zero-order valence-electron chi connectivity index (χ0n) is 6.66. The minimum absolute atomic E-state index is 0.299. The van der Waals surface area contributed by atoms with E-state index < -0.39 is 0 Å². The number of ether oxygens (including phenoxy) is 1. The molecule has 3 unspecified atom stereocenters. The molecule has 0 N–H and O–H groups in total. The molecule has 2 rings (SSSR count). The molecule has 2 aliphatic carbocycles. The van der Waals surface area contributed by atoms with Crippen LogP contribution in [0.3, 0.4) is 0 Å². The Morgan fingerprint density at radius 2 is 2.27 bits per heavy atom. The lowest BCUT2D eigenvalue weighted by Crippen LogP contribution is -2.21. The van der Waals surface area contributed by atoms with E-state index in [1.54, 1.807) is 0 Å². The van der Waals surface area contributed by atoms with E-state index in [9.17, 15) is 4.79 Å². The number of carbonyl (C=O) groups excluding carboxylic acids is 1. The fourth-order valence-corrected chi connectivity index (χ4v) is 2.55. The van der Waals surface area contributed by atoms with Gasteiger partial charge in [-0.2, -0.15) is 0 Å². The van der Waals surface area contributed by atoms with E-state index in [4.69, 9.17) is 4.74 Å². The number of fused-ring (bicyclic) bond motifs is 2. The Labute approximate surface area is 66.9 Å². The van der Waals surface area contributed by atoms with Crippen LogP contribution in [0, 0.1) is 11.8 Å². The summed E-state index contributed by atoms with van der Waals surface area (Å²) in [5.74, 6) is 1.69. The summed E-state index contributed by atoms with van der Waals surface area (Å²) in [5.41, 5.74) is 0. The Bertz CT molecular complexity index is 156. The predicted octanol–water partition coefficient (Wildman–Crippen LogP) is 1.39. The monoisotopic (exact) mass is 154 g/mol. The Morgan fingerprint density at radius 1 is 1.36 bits per heavy atom. The van der Waals surface area contributed by atoms with Crippen LogP contribution in [0.25, 0.3) is 0 Å². The van der Waals surface area contributed by atoms with Crippen molar-refractivity contribution in [3.63, 3.8) is 0 Å². The van der Waals surface area contributed by atoms with Crippen LogP contribution in [0.5, 0.6) is 0 Å². The zero-order chi connectivity index (χ0) is 7.68. The van der Waals surface area contributed by atoms with Crippen LogP contribution in [-0.4, -0.2) is 19.0 Å². The van der Waals surface area contributed by atoms with Crippen molar-refractivity contribution in [3.8, 4) is 0 Å². The van der Waals surface area contributed by atoms with E-state index in [1.165, 1.54) is 25.7 Å². The minimum atomic E-state index is 0.299. The van der Waals surface area contributed by atoms with Gasteiger partial charge in [0.1, 0.15) is 12.9 Å². The van der Waals surface area contributed by atoms with Crippen molar-refractivity contribution < 1.29 is 9.53 Å². The minimum Gasteiger partial charge on any atom is -0.370 e. The molecule has 0 aromatic heterocycles. The number of aldehydes is 1. The van der Waals surface area contributed by atoms with E-state index in [1.807, 2.05) is 0 Å². The van der Waals surface area contributed by atoms with Gasteiger partial charge in [-0.15, -0.1) is 0 Å². The largest absolute Gasteiger partial charge is 0.370 e. The van der Waals surface area contributed by atoms with Crippen LogP contribution < -0.4 is 0 Å². The molecule has 2 heteroatoms. The summed E-state index contributed by atoms with van der Waals surface area (Å²) in [5, 5.41) is 0. The maximum atomic E-state index is 10.0. The molecule has 11 heavy (non-hydrogen) atoms. The van der Waals surface area contributed by atoms with Gasteiger partial charge in [-0.25, -0.2) is 0 Å². The number of hydrogen-bond donors (Lipinski definition) is 0. The predicted molar refractivity (Wildman–Crippen MR) is 41.3 cm³/mol. The lowest BCUT2D eigenvalue weighted by atomic mass is 9.98. The first-order chi connectivity index (χ1) is 5.40. The smallest absolute Gasteiger partial charge is 0.145 e. The maximum absolute atomic E-state index is 10.0. The highest BCUT2D eigenvalue weighted by molar-refractivity contribution is 5.50. The molecule has 0 aromatic rings. The average molecular weight is 154 g/mol. The molecule has 0 aromatic carbocycles. The fraction of sp³-hybridized carbons (Fsp3) is 0.889. The highest BCUT2D eigenvalue weighted by Gasteiger charge is 2.39. The second-order valence-corrected chi connectivity index (χ2v) is 3.71. The Hall–Kier alpha value is -0.370. The van der Waals surface area contributed by atoms with Gasteiger partial charge in [-0.05, 0) is 37.5 Å². The number of carbonyl (C=O) groups is 1. The summed E-state index contributed by atoms with van der Waals surface area (Å²) in [7, 11) is 0. The molecule has 0 heterocycles. The van der Waals surface area contributed by atoms with Gasteiger partial charge in [0.05, 0.1) is 6.10 Å². The number of rotatable bonds is 3. The summed E-state index contributed by atoms with van der Waals surface area (Å²) in [4.78, 5) is 10.0. The van der Waals surface area contributed by atoms with E-state index in [0.717, 1.165) is 18.1 Å². The van der Waals surface area contributed by atoms with Gasteiger partial charge in [0.2, 0.25) is 0 Å². The fourth-order valence-electron chi connectivity index (χ4n) is 2.55. The highest BCUT2D eigenvalue weighted by atomic mass is 16.5. The summed E-state index contributed by atoms with van der Waals surface area (Å²) in [6, 6.07) is 0. The van der Waals surface area contributed by atoms with Crippen LogP contribution >= 0.6 is 0 Å². The second-order valence-electron chi connectivity index (χ2n) is 3.71. The lowest BCUT2D eigenvalue weighted by molar-refractivity contribution is -0.114. The normalized spacial score (nSPS) is 41.3. The van der Waals surface area contributed by atoms with E-state index in [-0.39, 0.29) is 0 Å². The van der Waals surface area contributed by atoms with Crippen molar-refractivity contribution in [2.75, 3.05) is 6.61 Å². The molecule has 0 saturated heterocycles. The van der Waals surface area contributed by atoms with Crippen LogP contribution in [0.2, 0.25) is 0 Å². The third-order valence-corrected chi connectivity index (χ3v) is 3.05. The first-order valence-corrected chi connectivity index (χ1v) is 4.45. The van der Waals surface area contributed by atoms with Crippen molar-refractivity contribution in [3.05, 3.63) is 0 Å². The Morgan fingerprint density at radius 3 is 2.82 bits per heavy atom. The third-order valence-electron chi connectivity index (χ3n) is 3.05. The van der Waals surface area contributed by atoms with Gasteiger partial charge in [-0.1, -0.05) is 0 Å². The topological polar surface area (TPSA) is 26.3 Å². The maximum Gasteiger partial charge on any atom is 0.145 e. The molecule has 62 valence electrons. The molecular weight excluding hydrogens is 140 g/mol. The molecule has 0 spiro atoms. The molecule has 0 aliphatic heterocycles. The lowest BCUT2D eigenvalue weighted by Gasteiger charge is -2.20. The molecule has 2 bridgehead atoms. The summed E-state index contributed by atoms with van der Waals surface area (Å²) < 4.78 is 5.42. The van der Waals surface area contributed by atoms with Crippen molar-refractivity contribution in [1.82, 2.24) is 0 Å². The molecule has 0 radical (unpaired) electrons. The van der Waals surface area contributed by atoms with Crippen molar-refractivity contribution in [2.24, 2.45) is 11.8 Å². The molecule has 2 fully saturated rings. The van der Waals surface area contributed by atoms with Crippen LogP contribution in [0.1, 0.15) is 25.7 Å². The SMILES string of the molecule is O=CCOC1CC2CCC1C2. The van der Waals surface area contributed by atoms with Crippen LogP contribution in [0.4, 0.5) is 0 Å². The third kappa shape index (κ3) is 1.32. The van der Waals surface area contributed by atoms with Gasteiger partial charge in [-0.3, -0.25) is 0 Å². The Balaban J connectivity index is 1.83. The summed E-state index contributed by atoms with van der Waals surface area (Å²) >= 11 is 0. The van der Waals surface area contributed by atoms with E-state index >= 15 is 0 Å². The van der Waals surface area contributed by atoms with Crippen molar-refractivity contribution >= 4 is 6.29 Å². The van der Waals surface area contributed by atoms with Crippen LogP contribution in [0.15, 0.2) is 0 Å². The van der Waals surface area contributed by atoms with Crippen molar-refractivity contribution in [2.45, 2.75) is 31.8 Å². The van der Waals surface area contributed by atoms with Crippen LogP contribution in [-0.2, 0) is 9.53 Å². The summed E-state index contributed by atoms with van der Waals surface area (Å²) in [6.07, 6.45) is 6.55. The van der Waals surface area contributed by atoms with Crippen molar-refractivity contribution in [1.29, 1.82) is 0 Å². The van der Waals surface area contributed by atoms with Gasteiger partial charge < -0.3 is 9.53 Å². The first-order valence-electron chi connectivity index (χ1n) is 4.45. The standard InChI is InChI=1S/C9H14O2/c10-3-4-11-9-6-7-1-2-8(9)5-7/h3,7-9H,1-2,4-6H2. The first kappa shape index (κ1) is 7.29. The molecule has 0 amide bonds. The highest BCUT2D eigenvalue weighted by Crippen LogP contribution is 2.45. The Kier molecular flexibility index (Phi) is 1.95. The van der Waals surface area contributed by atoms with Gasteiger partial charge in [0.25, 0.3) is 0 Å². The van der Waals surface area contributed by atoms with E-state index in [0.29, 0.717) is 12.7 Å². The average Bonchev–Trinajstić information content (AvgIpc) is 2.60. The zero-order valence-corrected chi connectivity index (χ0v) is 6.66. The molecule has 2 nitrogen and oxygen atoms in total. The van der Waals surface area contributed by atoms with Gasteiger partial charge in [0, 0.05) is 0 Å². The second kappa shape index (κ2) is 2.94.